The van der Waals surface area contributed by atoms with Crippen LogP contribution >= 0.6 is 0 Å². The summed E-state index contributed by atoms with van der Waals surface area (Å²) in [4.78, 5) is 14.1. The minimum atomic E-state index is -0.992. The number of aryl methyl sites for hydroxylation is 1. The lowest BCUT2D eigenvalue weighted by molar-refractivity contribution is 0.0921. The molecule has 2 aromatic rings. The van der Waals surface area contributed by atoms with Crippen LogP contribution in [-0.4, -0.2) is 41.4 Å². The van der Waals surface area contributed by atoms with Crippen LogP contribution in [0.2, 0.25) is 0 Å². The number of carbonyl (C=O) groups is 1. The van der Waals surface area contributed by atoms with Gasteiger partial charge in [0, 0.05) is 25.5 Å². The van der Waals surface area contributed by atoms with Crippen molar-refractivity contribution in [3.05, 3.63) is 29.5 Å². The summed E-state index contributed by atoms with van der Waals surface area (Å²) in [6.45, 7) is 6.12. The van der Waals surface area contributed by atoms with Gasteiger partial charge in [0.2, 0.25) is 5.89 Å². The number of carbonyl (C=O) groups excluding carboxylic acids is 1. The first kappa shape index (κ1) is 16.5. The molecule has 0 unspecified atom stereocenters. The van der Waals surface area contributed by atoms with Crippen molar-refractivity contribution < 1.29 is 18.0 Å². The van der Waals surface area contributed by atoms with E-state index in [0.717, 1.165) is 5.56 Å². The molecule has 3 heterocycles. The summed E-state index contributed by atoms with van der Waals surface area (Å²) >= 11 is 0. The maximum absolute atomic E-state index is 13.8. The van der Waals surface area contributed by atoms with Gasteiger partial charge in [-0.25, -0.2) is 4.39 Å². The molecule has 0 aliphatic carbocycles. The highest BCUT2D eigenvalue weighted by Crippen LogP contribution is 2.26. The zero-order valence-electron chi connectivity index (χ0n) is 14.0. The first-order valence-electron chi connectivity index (χ1n) is 8.02. The van der Waals surface area contributed by atoms with Gasteiger partial charge in [-0.2, -0.15) is 0 Å². The highest BCUT2D eigenvalue weighted by molar-refractivity contribution is 5.93. The van der Waals surface area contributed by atoms with E-state index in [0.29, 0.717) is 18.1 Å². The molecule has 8 heteroatoms. The van der Waals surface area contributed by atoms with Gasteiger partial charge in [0.25, 0.3) is 5.91 Å². The number of anilines is 1. The average Bonchev–Trinajstić information content (AvgIpc) is 3.23. The minimum absolute atomic E-state index is 0.181. The van der Waals surface area contributed by atoms with Gasteiger partial charge >= 0.3 is 6.01 Å². The number of halogens is 1. The smallest absolute Gasteiger partial charge is 0.318 e. The fourth-order valence-corrected chi connectivity index (χ4v) is 2.94. The van der Waals surface area contributed by atoms with E-state index in [9.17, 15) is 9.18 Å². The summed E-state index contributed by atoms with van der Waals surface area (Å²) in [5, 5.41) is 10.5. The maximum atomic E-state index is 13.8. The molecule has 24 heavy (non-hydrogen) atoms. The molecule has 130 valence electrons. The van der Waals surface area contributed by atoms with Crippen LogP contribution in [0.1, 0.15) is 48.2 Å². The predicted molar refractivity (Wildman–Crippen MR) is 84.8 cm³/mol. The second-order valence-electron chi connectivity index (χ2n) is 6.31. The van der Waals surface area contributed by atoms with Crippen LogP contribution < -0.4 is 10.2 Å². The zero-order chi connectivity index (χ0) is 17.3. The zero-order valence-corrected chi connectivity index (χ0v) is 14.0. The van der Waals surface area contributed by atoms with Gasteiger partial charge in [-0.15, -0.1) is 5.10 Å². The van der Waals surface area contributed by atoms with Gasteiger partial charge in [0.05, 0.1) is 18.8 Å². The molecule has 0 spiro atoms. The Labute approximate surface area is 139 Å². The lowest BCUT2D eigenvalue weighted by atomic mass is 10.0. The van der Waals surface area contributed by atoms with Crippen LogP contribution in [0.3, 0.4) is 0 Å². The Bertz CT molecular complexity index is 712. The number of rotatable bonds is 5. The third-order valence-electron chi connectivity index (χ3n) is 4.15. The molecule has 1 aliphatic rings. The van der Waals surface area contributed by atoms with E-state index >= 15 is 0 Å². The van der Waals surface area contributed by atoms with Crippen molar-refractivity contribution in [1.29, 1.82) is 0 Å². The molecule has 0 radical (unpaired) electrons. The third kappa shape index (κ3) is 3.27. The lowest BCUT2D eigenvalue weighted by Crippen LogP contribution is -2.40. The summed E-state index contributed by atoms with van der Waals surface area (Å²) in [5.74, 6) is 0.615. The summed E-state index contributed by atoms with van der Waals surface area (Å²) in [5.41, 5.74) is 0.853. The van der Waals surface area contributed by atoms with E-state index in [-0.39, 0.29) is 37.0 Å². The van der Waals surface area contributed by atoms with Gasteiger partial charge in [-0.3, -0.25) is 4.79 Å². The fraction of sp³-hybridized carbons (Fsp3) is 0.562. The van der Waals surface area contributed by atoms with E-state index in [1.807, 2.05) is 13.8 Å². The molecular formula is C16H21FN4O3. The number of nitrogens with one attached hydrogen (secondary N) is 1. The number of furan rings is 1. The molecule has 0 aromatic carbocycles. The van der Waals surface area contributed by atoms with E-state index in [4.69, 9.17) is 8.83 Å². The summed E-state index contributed by atoms with van der Waals surface area (Å²) in [6, 6.07) is 1.84. The fourth-order valence-electron chi connectivity index (χ4n) is 2.94. The van der Waals surface area contributed by atoms with Crippen molar-refractivity contribution in [2.75, 3.05) is 18.0 Å². The van der Waals surface area contributed by atoms with E-state index in [1.54, 1.807) is 17.9 Å². The monoisotopic (exact) mass is 336 g/mol. The topological polar surface area (TPSA) is 84.4 Å². The molecule has 1 N–H and O–H groups in total. The highest BCUT2D eigenvalue weighted by Gasteiger charge is 2.35. The van der Waals surface area contributed by atoms with Crippen LogP contribution in [0, 0.1) is 6.92 Å². The standard InChI is InChI=1S/C16H21FN4O3/c1-9(2)13-4-5-23-14(13)15(22)18-7-12-6-11(17)8-21(12)16-20-19-10(3)24-16/h4-5,9,11-12H,6-8H2,1-3H3,(H,18,22)/t11-,12-/m0/s1. The second-order valence-corrected chi connectivity index (χ2v) is 6.31. The summed E-state index contributed by atoms with van der Waals surface area (Å²) in [7, 11) is 0. The first-order chi connectivity index (χ1) is 11.5. The molecule has 1 amide bonds. The van der Waals surface area contributed by atoms with E-state index < -0.39 is 6.17 Å². The number of hydrogen-bond donors (Lipinski definition) is 1. The molecule has 7 nitrogen and oxygen atoms in total. The Morgan fingerprint density at radius 1 is 1.50 bits per heavy atom. The Morgan fingerprint density at radius 2 is 2.29 bits per heavy atom. The Kier molecular flexibility index (Phi) is 4.55. The number of aromatic nitrogens is 2. The van der Waals surface area contributed by atoms with E-state index in [1.165, 1.54) is 6.26 Å². The van der Waals surface area contributed by atoms with Gasteiger partial charge in [-0.05, 0) is 12.0 Å². The van der Waals surface area contributed by atoms with E-state index in [2.05, 4.69) is 15.5 Å². The number of amides is 1. The predicted octanol–water partition coefficient (Wildman–Crippen LogP) is 2.44. The number of hydrogen-bond acceptors (Lipinski definition) is 6. The summed E-state index contributed by atoms with van der Waals surface area (Å²) in [6.07, 6.45) is 0.816. The van der Waals surface area contributed by atoms with Crippen molar-refractivity contribution in [1.82, 2.24) is 15.5 Å². The lowest BCUT2D eigenvalue weighted by Gasteiger charge is -2.22. The molecule has 0 saturated carbocycles. The van der Waals surface area contributed by atoms with Gasteiger partial charge in [-0.1, -0.05) is 18.9 Å². The molecule has 1 saturated heterocycles. The van der Waals surface area contributed by atoms with Crippen molar-refractivity contribution in [2.24, 2.45) is 0 Å². The quantitative estimate of drug-likeness (QED) is 0.903. The van der Waals surface area contributed by atoms with Crippen molar-refractivity contribution in [2.45, 2.75) is 45.3 Å². The Hall–Kier alpha value is -2.38. The van der Waals surface area contributed by atoms with Crippen LogP contribution in [0.15, 0.2) is 21.2 Å². The SMILES string of the molecule is Cc1nnc(N2C[C@@H](F)C[C@H]2CNC(=O)c2occc2C(C)C)o1. The van der Waals surface area contributed by atoms with Gasteiger partial charge in [0.1, 0.15) is 6.17 Å². The highest BCUT2D eigenvalue weighted by atomic mass is 19.1. The first-order valence-corrected chi connectivity index (χ1v) is 8.02. The number of nitrogens with zero attached hydrogens (tertiary/aromatic N) is 3. The van der Waals surface area contributed by atoms with Crippen LogP contribution in [0.5, 0.6) is 0 Å². The molecule has 2 aromatic heterocycles. The Morgan fingerprint density at radius 3 is 2.96 bits per heavy atom. The molecule has 1 aliphatic heterocycles. The molecule has 0 bridgehead atoms. The third-order valence-corrected chi connectivity index (χ3v) is 4.15. The molecular weight excluding hydrogens is 315 g/mol. The van der Waals surface area contributed by atoms with Gasteiger partial charge < -0.3 is 19.1 Å². The second kappa shape index (κ2) is 6.62. The maximum Gasteiger partial charge on any atom is 0.318 e. The van der Waals surface area contributed by atoms with Crippen molar-refractivity contribution in [3.63, 3.8) is 0 Å². The van der Waals surface area contributed by atoms with Crippen LogP contribution in [0.25, 0.3) is 0 Å². The molecule has 1 fully saturated rings. The minimum Gasteiger partial charge on any atom is -0.459 e. The number of alkyl halides is 1. The Balaban J connectivity index is 1.66. The largest absolute Gasteiger partial charge is 0.459 e. The van der Waals surface area contributed by atoms with Crippen molar-refractivity contribution in [3.8, 4) is 0 Å². The average molecular weight is 336 g/mol. The normalized spacial score (nSPS) is 20.8. The molecule has 3 rings (SSSR count). The van der Waals surface area contributed by atoms with Crippen LogP contribution in [0.4, 0.5) is 10.4 Å². The van der Waals surface area contributed by atoms with Crippen molar-refractivity contribution >= 4 is 11.9 Å². The molecule has 2 atom stereocenters. The summed E-state index contributed by atoms with van der Waals surface area (Å²) < 4.78 is 24.5. The van der Waals surface area contributed by atoms with Gasteiger partial charge in [0.15, 0.2) is 5.76 Å². The van der Waals surface area contributed by atoms with Crippen LogP contribution in [-0.2, 0) is 0 Å².